The summed E-state index contributed by atoms with van der Waals surface area (Å²) in [6.07, 6.45) is -2.24. The van der Waals surface area contributed by atoms with E-state index in [1.54, 1.807) is 12.1 Å². The molecule has 1 aromatic heterocycles. The van der Waals surface area contributed by atoms with Crippen LogP contribution in [-0.4, -0.2) is 63.1 Å². The van der Waals surface area contributed by atoms with Crippen molar-refractivity contribution in [1.29, 1.82) is 0 Å². The first-order chi connectivity index (χ1) is 16.6. The van der Waals surface area contributed by atoms with Crippen molar-refractivity contribution < 1.29 is 33.4 Å². The van der Waals surface area contributed by atoms with E-state index in [1.807, 2.05) is 0 Å². The predicted molar refractivity (Wildman–Crippen MR) is 120 cm³/mol. The lowest BCUT2D eigenvalue weighted by atomic mass is 10.0. The minimum atomic E-state index is -1.20. The van der Waals surface area contributed by atoms with Crippen molar-refractivity contribution in [2.75, 3.05) is 6.61 Å². The number of aromatic amines is 1. The summed E-state index contributed by atoms with van der Waals surface area (Å²) >= 11 is 3.06. The zero-order valence-electron chi connectivity index (χ0n) is 18.6. The fourth-order valence-electron chi connectivity index (χ4n) is 4.23. The minimum absolute atomic E-state index is 0.0536. The van der Waals surface area contributed by atoms with Crippen LogP contribution < -0.4 is 11.2 Å². The third kappa shape index (κ3) is 4.68. The second kappa shape index (κ2) is 9.58. The molecule has 1 fully saturated rings. The molecule has 2 aromatic rings. The molecule has 2 aliphatic rings. The number of carbonyl (C=O) groups is 4. The van der Waals surface area contributed by atoms with E-state index in [0.717, 1.165) is 16.4 Å². The Morgan fingerprint density at radius 1 is 1.11 bits per heavy atom. The van der Waals surface area contributed by atoms with Crippen molar-refractivity contribution >= 4 is 39.7 Å². The molecule has 1 aromatic carbocycles. The average Bonchev–Trinajstić information content (AvgIpc) is 3.33. The van der Waals surface area contributed by atoms with E-state index in [4.69, 9.17) is 14.2 Å². The molecule has 13 heteroatoms. The normalized spacial score (nSPS) is 22.1. The summed E-state index contributed by atoms with van der Waals surface area (Å²) in [5, 5.41) is 0. The third-order valence-electron chi connectivity index (χ3n) is 5.66. The third-order valence-corrected chi connectivity index (χ3v) is 6.23. The first-order valence-electron chi connectivity index (χ1n) is 10.5. The zero-order chi connectivity index (χ0) is 25.4. The van der Waals surface area contributed by atoms with Gasteiger partial charge in [-0.25, -0.2) is 4.79 Å². The van der Waals surface area contributed by atoms with E-state index in [2.05, 4.69) is 20.9 Å². The van der Waals surface area contributed by atoms with Gasteiger partial charge >= 0.3 is 17.6 Å². The molecule has 2 amide bonds. The average molecular weight is 550 g/mol. The number of nitrogens with zero attached hydrogens (tertiary/aromatic N) is 2. The highest BCUT2D eigenvalue weighted by Gasteiger charge is 2.51. The van der Waals surface area contributed by atoms with E-state index >= 15 is 0 Å². The zero-order valence-corrected chi connectivity index (χ0v) is 20.1. The molecule has 1 N–H and O–H groups in total. The van der Waals surface area contributed by atoms with Gasteiger partial charge in [0, 0.05) is 26.5 Å². The van der Waals surface area contributed by atoms with E-state index in [9.17, 15) is 28.8 Å². The van der Waals surface area contributed by atoms with E-state index in [1.165, 1.54) is 25.3 Å². The fraction of sp³-hybridized carbons (Fsp3) is 0.364. The van der Waals surface area contributed by atoms with Gasteiger partial charge in [-0.05, 0) is 28.1 Å². The number of H-pyrrole nitrogens is 1. The van der Waals surface area contributed by atoms with Gasteiger partial charge in [-0.2, -0.15) is 0 Å². The maximum Gasteiger partial charge on any atom is 0.330 e. The van der Waals surface area contributed by atoms with Crippen LogP contribution in [0.15, 0.2) is 44.5 Å². The quantitative estimate of drug-likeness (QED) is 0.405. The first-order valence-corrected chi connectivity index (χ1v) is 11.3. The fourth-order valence-corrected chi connectivity index (χ4v) is 4.55. The van der Waals surface area contributed by atoms with Crippen molar-refractivity contribution in [2.24, 2.45) is 0 Å². The SMILES string of the molecule is CC(=O)OC[C@@H](OC(C)=O)[C@H]1O[C@H](n2cc(Br)c(=O)[nH]c2=O)C[C@H]1N1C(=O)c2ccccc2C1=O. The summed E-state index contributed by atoms with van der Waals surface area (Å²) in [6.45, 7) is 1.91. The van der Waals surface area contributed by atoms with Crippen LogP contribution in [0.4, 0.5) is 0 Å². The van der Waals surface area contributed by atoms with E-state index in [0.29, 0.717) is 0 Å². The number of hydrogen-bond acceptors (Lipinski definition) is 9. The largest absolute Gasteiger partial charge is 0.462 e. The molecule has 0 bridgehead atoms. The maximum atomic E-state index is 13.2. The molecule has 0 aliphatic carbocycles. The molecular formula is C22H20BrN3O9. The smallest absolute Gasteiger partial charge is 0.330 e. The summed E-state index contributed by atoms with van der Waals surface area (Å²) in [7, 11) is 0. The van der Waals surface area contributed by atoms with Gasteiger partial charge in [0.25, 0.3) is 17.4 Å². The lowest BCUT2D eigenvalue weighted by Crippen LogP contribution is -2.51. The first kappa shape index (κ1) is 24.5. The summed E-state index contributed by atoms with van der Waals surface area (Å²) in [6, 6.07) is 5.29. The Balaban J connectivity index is 1.76. The van der Waals surface area contributed by atoms with Crippen LogP contribution in [-0.2, 0) is 23.8 Å². The van der Waals surface area contributed by atoms with Crippen molar-refractivity contribution in [3.63, 3.8) is 0 Å². The molecule has 0 saturated carbocycles. The minimum Gasteiger partial charge on any atom is -0.462 e. The Hall–Kier alpha value is -3.58. The van der Waals surface area contributed by atoms with Gasteiger partial charge in [0.15, 0.2) is 6.10 Å². The lowest BCUT2D eigenvalue weighted by molar-refractivity contribution is -0.169. The Bertz CT molecular complexity index is 1300. The number of carbonyl (C=O) groups excluding carboxylic acids is 4. The number of nitrogens with one attached hydrogen (secondary N) is 1. The van der Waals surface area contributed by atoms with Crippen molar-refractivity contribution in [1.82, 2.24) is 14.5 Å². The number of benzene rings is 1. The number of halogens is 1. The highest BCUT2D eigenvalue weighted by Crippen LogP contribution is 2.38. The summed E-state index contributed by atoms with van der Waals surface area (Å²) in [4.78, 5) is 77.0. The standard InChI is InChI=1S/C22H20BrN3O9/c1-10(27)33-9-16(34-11(2)28)18-15(26-20(30)12-5-3-4-6-13(12)21(26)31)7-17(35-18)25-8-14(23)19(29)24-22(25)32/h3-6,8,15-18H,7,9H2,1-2H3,(H,24,29,32)/t15-,16-,17+,18+/m1/s1. The van der Waals surface area contributed by atoms with Crippen molar-refractivity contribution in [2.45, 2.75) is 44.7 Å². The highest BCUT2D eigenvalue weighted by molar-refractivity contribution is 9.10. The summed E-state index contributed by atoms with van der Waals surface area (Å²) in [5.74, 6) is -2.50. The van der Waals surface area contributed by atoms with Crippen LogP contribution in [0.1, 0.15) is 47.2 Å². The van der Waals surface area contributed by atoms with Crippen molar-refractivity contribution in [3.8, 4) is 0 Å². The Labute approximate surface area is 205 Å². The molecule has 4 rings (SSSR count). The second-order valence-electron chi connectivity index (χ2n) is 7.98. The Morgan fingerprint density at radius 3 is 2.31 bits per heavy atom. The van der Waals surface area contributed by atoms with Crippen molar-refractivity contribution in [3.05, 3.63) is 66.9 Å². The summed E-state index contributed by atoms with van der Waals surface area (Å²) in [5.41, 5.74) is -1.03. The van der Waals surface area contributed by atoms with Gasteiger partial charge in [0.1, 0.15) is 18.9 Å². The molecule has 1 saturated heterocycles. The van der Waals surface area contributed by atoms with Crippen LogP contribution in [0.3, 0.4) is 0 Å². The van der Waals surface area contributed by atoms with E-state index < -0.39 is 66.1 Å². The van der Waals surface area contributed by atoms with Gasteiger partial charge < -0.3 is 14.2 Å². The Kier molecular flexibility index (Phi) is 6.72. The molecule has 0 unspecified atom stereocenters. The predicted octanol–water partition coefficient (Wildman–Crippen LogP) is 0.746. The topological polar surface area (TPSA) is 154 Å². The van der Waals surface area contributed by atoms with Gasteiger partial charge in [0.05, 0.1) is 21.6 Å². The number of amides is 2. The summed E-state index contributed by atoms with van der Waals surface area (Å²) < 4.78 is 17.6. The van der Waals surface area contributed by atoms with Gasteiger partial charge in [-0.15, -0.1) is 0 Å². The number of aromatic nitrogens is 2. The van der Waals surface area contributed by atoms with Crippen LogP contribution in [0, 0.1) is 0 Å². The number of esters is 2. The number of fused-ring (bicyclic) bond motifs is 1. The molecule has 12 nitrogen and oxygen atoms in total. The van der Waals surface area contributed by atoms with Gasteiger partial charge in [0.2, 0.25) is 0 Å². The molecule has 4 atom stereocenters. The van der Waals surface area contributed by atoms with E-state index in [-0.39, 0.29) is 22.0 Å². The monoisotopic (exact) mass is 549 g/mol. The molecule has 0 spiro atoms. The number of hydrogen-bond donors (Lipinski definition) is 1. The Morgan fingerprint density at radius 2 is 1.74 bits per heavy atom. The molecule has 35 heavy (non-hydrogen) atoms. The highest BCUT2D eigenvalue weighted by atomic mass is 79.9. The van der Waals surface area contributed by atoms with Crippen LogP contribution in [0.25, 0.3) is 0 Å². The number of imide groups is 1. The maximum absolute atomic E-state index is 13.2. The molecule has 3 heterocycles. The molecule has 184 valence electrons. The number of ether oxygens (including phenoxy) is 3. The lowest BCUT2D eigenvalue weighted by Gasteiger charge is -2.31. The molecule has 2 aliphatic heterocycles. The van der Waals surface area contributed by atoms with Crippen LogP contribution in [0.2, 0.25) is 0 Å². The molecule has 0 radical (unpaired) electrons. The van der Waals surface area contributed by atoms with Gasteiger partial charge in [-0.3, -0.25) is 38.4 Å². The second-order valence-corrected chi connectivity index (χ2v) is 8.83. The van der Waals surface area contributed by atoms with Crippen LogP contribution >= 0.6 is 15.9 Å². The van der Waals surface area contributed by atoms with Gasteiger partial charge in [-0.1, -0.05) is 12.1 Å². The van der Waals surface area contributed by atoms with Crippen LogP contribution in [0.5, 0.6) is 0 Å². The number of rotatable bonds is 6. The molecular weight excluding hydrogens is 530 g/mol.